The number of carbonyl (C=O) groups is 1. The van der Waals surface area contributed by atoms with Gasteiger partial charge in [0.15, 0.2) is 0 Å². The maximum Gasteiger partial charge on any atom is 0.304 e. The van der Waals surface area contributed by atoms with Crippen molar-refractivity contribution in [2.45, 2.75) is 32.4 Å². The van der Waals surface area contributed by atoms with Crippen LogP contribution in [-0.2, 0) is 4.79 Å². The van der Waals surface area contributed by atoms with Crippen molar-refractivity contribution in [3.63, 3.8) is 0 Å². The van der Waals surface area contributed by atoms with Crippen LogP contribution in [0.25, 0.3) is 0 Å². The maximum atomic E-state index is 10.4. The number of rotatable bonds is 5. The summed E-state index contributed by atoms with van der Waals surface area (Å²) in [5, 5.41) is 11.7. The number of furan rings is 1. The second-order valence-corrected chi connectivity index (χ2v) is 3.40. The van der Waals surface area contributed by atoms with Crippen molar-refractivity contribution in [2.75, 3.05) is 0 Å². The molecule has 0 aliphatic heterocycles. The van der Waals surface area contributed by atoms with Gasteiger partial charge in [-0.25, -0.2) is 0 Å². The third kappa shape index (κ3) is 3.22. The molecule has 0 saturated heterocycles. The fourth-order valence-electron chi connectivity index (χ4n) is 1.37. The Balaban J connectivity index is 2.41. The highest BCUT2D eigenvalue weighted by atomic mass is 16.4. The van der Waals surface area contributed by atoms with Crippen LogP contribution in [0.1, 0.15) is 32.1 Å². The van der Waals surface area contributed by atoms with Crippen molar-refractivity contribution < 1.29 is 14.3 Å². The summed E-state index contributed by atoms with van der Waals surface area (Å²) in [6, 6.07) is 3.66. The molecule has 0 bridgehead atoms. The quantitative estimate of drug-likeness (QED) is 0.755. The normalized spacial score (nSPS) is 15.0. The zero-order valence-corrected chi connectivity index (χ0v) is 8.36. The first-order valence-corrected chi connectivity index (χ1v) is 4.61. The molecule has 4 nitrogen and oxygen atoms in total. The summed E-state index contributed by atoms with van der Waals surface area (Å²) in [6.07, 6.45) is 1.72. The van der Waals surface area contributed by atoms with Crippen LogP contribution in [0.3, 0.4) is 0 Å². The average Bonchev–Trinajstić information content (AvgIpc) is 2.53. The van der Waals surface area contributed by atoms with Crippen LogP contribution < -0.4 is 5.32 Å². The summed E-state index contributed by atoms with van der Waals surface area (Å²) in [6.45, 7) is 3.78. The van der Waals surface area contributed by atoms with E-state index in [4.69, 9.17) is 9.52 Å². The predicted molar refractivity (Wildman–Crippen MR) is 52.0 cm³/mol. The van der Waals surface area contributed by atoms with E-state index in [0.29, 0.717) is 0 Å². The Hall–Kier alpha value is -1.29. The van der Waals surface area contributed by atoms with Crippen LogP contribution >= 0.6 is 0 Å². The Labute approximate surface area is 82.9 Å². The number of carboxylic acid groups (broad SMARTS) is 1. The van der Waals surface area contributed by atoms with E-state index in [2.05, 4.69) is 5.32 Å². The molecule has 0 aliphatic carbocycles. The molecule has 14 heavy (non-hydrogen) atoms. The first kappa shape index (κ1) is 10.8. The summed E-state index contributed by atoms with van der Waals surface area (Å²) in [4.78, 5) is 10.4. The Morgan fingerprint density at radius 2 is 2.36 bits per heavy atom. The fraction of sp³-hybridized carbons (Fsp3) is 0.500. The molecule has 2 atom stereocenters. The topological polar surface area (TPSA) is 62.5 Å². The van der Waals surface area contributed by atoms with Gasteiger partial charge in [-0.3, -0.25) is 4.79 Å². The lowest BCUT2D eigenvalue weighted by molar-refractivity contribution is -0.137. The number of hydrogen-bond donors (Lipinski definition) is 2. The third-order valence-corrected chi connectivity index (χ3v) is 1.99. The number of carboxylic acids is 1. The Bertz CT molecular complexity index is 282. The standard InChI is InChI=1S/C10H15NO3/c1-7(6-10(12)13)11-8(2)9-4-3-5-14-9/h3-5,7-8,11H,6H2,1-2H3,(H,12,13). The molecule has 0 aliphatic rings. The van der Waals surface area contributed by atoms with E-state index in [-0.39, 0.29) is 18.5 Å². The minimum absolute atomic E-state index is 0.0411. The molecule has 0 amide bonds. The molecule has 0 aromatic carbocycles. The lowest BCUT2D eigenvalue weighted by atomic mass is 10.2. The fourth-order valence-corrected chi connectivity index (χ4v) is 1.37. The van der Waals surface area contributed by atoms with Crippen molar-refractivity contribution in [2.24, 2.45) is 0 Å². The molecule has 78 valence electrons. The van der Waals surface area contributed by atoms with Crippen LogP contribution in [0.15, 0.2) is 22.8 Å². The maximum absolute atomic E-state index is 10.4. The van der Waals surface area contributed by atoms with Gasteiger partial charge in [0.1, 0.15) is 5.76 Å². The van der Waals surface area contributed by atoms with E-state index in [1.807, 2.05) is 26.0 Å². The monoisotopic (exact) mass is 197 g/mol. The predicted octanol–water partition coefficient (Wildman–Crippen LogP) is 1.79. The second kappa shape index (κ2) is 4.81. The highest BCUT2D eigenvalue weighted by molar-refractivity contribution is 5.67. The minimum atomic E-state index is -0.795. The number of hydrogen-bond acceptors (Lipinski definition) is 3. The van der Waals surface area contributed by atoms with Gasteiger partial charge in [0.2, 0.25) is 0 Å². The van der Waals surface area contributed by atoms with Gasteiger partial charge in [-0.15, -0.1) is 0 Å². The molecule has 1 aromatic rings. The lowest BCUT2D eigenvalue weighted by Crippen LogP contribution is -2.30. The van der Waals surface area contributed by atoms with Gasteiger partial charge in [0.25, 0.3) is 0 Å². The summed E-state index contributed by atoms with van der Waals surface area (Å²) < 4.78 is 5.19. The van der Waals surface area contributed by atoms with Crippen LogP contribution in [-0.4, -0.2) is 17.1 Å². The van der Waals surface area contributed by atoms with Gasteiger partial charge < -0.3 is 14.8 Å². The summed E-state index contributed by atoms with van der Waals surface area (Å²) >= 11 is 0. The molecule has 1 heterocycles. The SMILES string of the molecule is CC(CC(=O)O)NC(C)c1ccco1. The summed E-state index contributed by atoms with van der Waals surface area (Å²) in [5.41, 5.74) is 0. The first-order valence-electron chi connectivity index (χ1n) is 4.61. The van der Waals surface area contributed by atoms with Crippen molar-refractivity contribution in [1.29, 1.82) is 0 Å². The second-order valence-electron chi connectivity index (χ2n) is 3.40. The van der Waals surface area contributed by atoms with E-state index in [1.54, 1.807) is 6.26 Å². The van der Waals surface area contributed by atoms with Gasteiger partial charge >= 0.3 is 5.97 Å². The van der Waals surface area contributed by atoms with Crippen LogP contribution in [0, 0.1) is 0 Å². The molecule has 0 fully saturated rings. The molecule has 0 radical (unpaired) electrons. The highest BCUT2D eigenvalue weighted by Gasteiger charge is 2.13. The van der Waals surface area contributed by atoms with Crippen LogP contribution in [0.4, 0.5) is 0 Å². The van der Waals surface area contributed by atoms with Gasteiger partial charge in [0, 0.05) is 6.04 Å². The third-order valence-electron chi connectivity index (χ3n) is 1.99. The Morgan fingerprint density at radius 3 is 2.86 bits per heavy atom. The Kier molecular flexibility index (Phi) is 3.71. The smallest absolute Gasteiger partial charge is 0.304 e. The molecular formula is C10H15NO3. The van der Waals surface area contributed by atoms with E-state index in [0.717, 1.165) is 5.76 Å². The van der Waals surface area contributed by atoms with Gasteiger partial charge in [-0.2, -0.15) is 0 Å². The zero-order valence-electron chi connectivity index (χ0n) is 8.36. The largest absolute Gasteiger partial charge is 0.481 e. The van der Waals surface area contributed by atoms with Crippen LogP contribution in [0.2, 0.25) is 0 Å². The molecule has 0 spiro atoms. The van der Waals surface area contributed by atoms with Crippen molar-refractivity contribution in [1.82, 2.24) is 5.32 Å². The molecule has 1 aromatic heterocycles. The number of aliphatic carboxylic acids is 1. The average molecular weight is 197 g/mol. The molecule has 0 saturated carbocycles. The molecule has 4 heteroatoms. The minimum Gasteiger partial charge on any atom is -0.481 e. The van der Waals surface area contributed by atoms with E-state index < -0.39 is 5.97 Å². The van der Waals surface area contributed by atoms with Crippen LogP contribution in [0.5, 0.6) is 0 Å². The highest BCUT2D eigenvalue weighted by Crippen LogP contribution is 2.13. The van der Waals surface area contributed by atoms with Gasteiger partial charge in [-0.05, 0) is 26.0 Å². The molecular weight excluding hydrogens is 182 g/mol. The summed E-state index contributed by atoms with van der Waals surface area (Å²) in [7, 11) is 0. The molecule has 2 N–H and O–H groups in total. The van der Waals surface area contributed by atoms with E-state index >= 15 is 0 Å². The van der Waals surface area contributed by atoms with E-state index in [1.165, 1.54) is 0 Å². The van der Waals surface area contributed by atoms with Crippen molar-refractivity contribution in [3.05, 3.63) is 24.2 Å². The number of nitrogens with one attached hydrogen (secondary N) is 1. The summed E-state index contributed by atoms with van der Waals surface area (Å²) in [5.74, 6) is 0.0267. The zero-order chi connectivity index (χ0) is 10.6. The van der Waals surface area contributed by atoms with Gasteiger partial charge in [-0.1, -0.05) is 0 Å². The lowest BCUT2D eigenvalue weighted by Gasteiger charge is -2.16. The van der Waals surface area contributed by atoms with Gasteiger partial charge in [0.05, 0.1) is 18.7 Å². The van der Waals surface area contributed by atoms with E-state index in [9.17, 15) is 4.79 Å². The molecule has 2 unspecified atom stereocenters. The van der Waals surface area contributed by atoms with Crippen molar-refractivity contribution >= 4 is 5.97 Å². The Morgan fingerprint density at radius 1 is 1.64 bits per heavy atom. The molecule has 1 rings (SSSR count). The first-order chi connectivity index (χ1) is 6.59. The van der Waals surface area contributed by atoms with Crippen molar-refractivity contribution in [3.8, 4) is 0 Å².